The Hall–Kier alpha value is -1.54. The summed E-state index contributed by atoms with van der Waals surface area (Å²) in [7, 11) is 0. The van der Waals surface area contributed by atoms with E-state index in [1.807, 2.05) is 34.9 Å². The number of alkyl halides is 3. The molecule has 0 radical (unpaired) electrons. The molecule has 4 nitrogen and oxygen atoms in total. The van der Waals surface area contributed by atoms with Crippen molar-refractivity contribution < 1.29 is 13.2 Å². The molecule has 3 rings (SSSR count). The Balaban J connectivity index is 1.80. The first-order valence-corrected chi connectivity index (χ1v) is 9.41. The van der Waals surface area contributed by atoms with Gasteiger partial charge in [0.2, 0.25) is 0 Å². The topological polar surface area (TPSA) is 42.7 Å². The SMILES string of the molecule is FC(F)(F)CCSc1nnc(CC2CCNCC2)n1-c1ccccc1. The highest BCUT2D eigenvalue weighted by Crippen LogP contribution is 2.28. The highest BCUT2D eigenvalue weighted by molar-refractivity contribution is 7.99. The van der Waals surface area contributed by atoms with Gasteiger partial charge in [0, 0.05) is 17.9 Å². The number of rotatable bonds is 6. The molecule has 1 aliphatic heterocycles. The molecular formula is C17H21F3N4S. The van der Waals surface area contributed by atoms with Crippen molar-refractivity contribution in [2.75, 3.05) is 18.8 Å². The lowest BCUT2D eigenvalue weighted by Gasteiger charge is -2.22. The molecule has 8 heteroatoms. The summed E-state index contributed by atoms with van der Waals surface area (Å²) in [5.41, 5.74) is 0.894. The highest BCUT2D eigenvalue weighted by atomic mass is 32.2. The average Bonchev–Trinajstić information content (AvgIpc) is 2.98. The van der Waals surface area contributed by atoms with Crippen molar-refractivity contribution in [3.63, 3.8) is 0 Å². The number of para-hydroxylation sites is 1. The maximum atomic E-state index is 12.4. The zero-order chi connectivity index (χ0) is 17.7. The van der Waals surface area contributed by atoms with Crippen LogP contribution in [0.2, 0.25) is 0 Å². The summed E-state index contributed by atoms with van der Waals surface area (Å²) in [5, 5.41) is 12.3. The van der Waals surface area contributed by atoms with Gasteiger partial charge in [0.05, 0.1) is 6.42 Å². The molecular weight excluding hydrogens is 349 g/mol. The Labute approximate surface area is 149 Å². The predicted octanol–water partition coefficient (Wildman–Crippen LogP) is 3.85. The Morgan fingerprint density at radius 3 is 2.52 bits per heavy atom. The summed E-state index contributed by atoms with van der Waals surface area (Å²) < 4.78 is 39.2. The van der Waals surface area contributed by atoms with Gasteiger partial charge in [-0.15, -0.1) is 10.2 Å². The molecule has 0 unspecified atom stereocenters. The second-order valence-electron chi connectivity index (χ2n) is 6.18. The first-order valence-electron chi connectivity index (χ1n) is 8.43. The number of hydrogen-bond acceptors (Lipinski definition) is 4. The summed E-state index contributed by atoms with van der Waals surface area (Å²) in [6.45, 7) is 1.99. The standard InChI is InChI=1S/C17H21F3N4S/c18-17(19,20)8-11-25-16-23-22-15(12-13-6-9-21-10-7-13)24(16)14-4-2-1-3-5-14/h1-5,13,21H,6-12H2. The van der Waals surface area contributed by atoms with Gasteiger partial charge in [-0.2, -0.15) is 13.2 Å². The van der Waals surface area contributed by atoms with Gasteiger partial charge in [-0.1, -0.05) is 30.0 Å². The minimum absolute atomic E-state index is 0.0538. The molecule has 1 aromatic heterocycles. The Bertz CT molecular complexity index is 666. The second-order valence-corrected chi connectivity index (χ2v) is 7.24. The van der Waals surface area contributed by atoms with Gasteiger partial charge in [-0.25, -0.2) is 0 Å². The fourth-order valence-electron chi connectivity index (χ4n) is 2.96. The zero-order valence-corrected chi connectivity index (χ0v) is 14.6. The van der Waals surface area contributed by atoms with Gasteiger partial charge >= 0.3 is 6.18 Å². The van der Waals surface area contributed by atoms with E-state index in [1.54, 1.807) is 0 Å². The summed E-state index contributed by atoms with van der Waals surface area (Å²) in [6.07, 6.45) is -2.02. The number of thioether (sulfide) groups is 1. The maximum Gasteiger partial charge on any atom is 0.389 e. The largest absolute Gasteiger partial charge is 0.389 e. The van der Waals surface area contributed by atoms with Crippen LogP contribution in [0.15, 0.2) is 35.5 Å². The van der Waals surface area contributed by atoms with E-state index in [0.29, 0.717) is 11.1 Å². The van der Waals surface area contributed by atoms with Gasteiger partial charge in [0.25, 0.3) is 0 Å². The smallest absolute Gasteiger partial charge is 0.317 e. The lowest BCUT2D eigenvalue weighted by Crippen LogP contribution is -2.29. The maximum absolute atomic E-state index is 12.4. The van der Waals surface area contributed by atoms with Gasteiger partial charge < -0.3 is 5.32 Å². The van der Waals surface area contributed by atoms with E-state index in [0.717, 1.165) is 55.6 Å². The van der Waals surface area contributed by atoms with Crippen LogP contribution in [0.3, 0.4) is 0 Å². The summed E-state index contributed by atoms with van der Waals surface area (Å²) in [6, 6.07) is 9.60. The molecule has 0 aliphatic carbocycles. The quantitative estimate of drug-likeness (QED) is 0.785. The van der Waals surface area contributed by atoms with Crippen LogP contribution in [-0.2, 0) is 6.42 Å². The highest BCUT2D eigenvalue weighted by Gasteiger charge is 2.27. The number of benzene rings is 1. The van der Waals surface area contributed by atoms with Crippen LogP contribution < -0.4 is 5.32 Å². The van der Waals surface area contributed by atoms with E-state index >= 15 is 0 Å². The predicted molar refractivity (Wildman–Crippen MR) is 92.1 cm³/mol. The third kappa shape index (κ3) is 5.22. The van der Waals surface area contributed by atoms with Crippen molar-refractivity contribution in [1.82, 2.24) is 20.1 Å². The monoisotopic (exact) mass is 370 g/mol. The number of halogens is 3. The van der Waals surface area contributed by atoms with Crippen molar-refractivity contribution >= 4 is 11.8 Å². The van der Waals surface area contributed by atoms with Gasteiger partial charge in [0.1, 0.15) is 5.82 Å². The Morgan fingerprint density at radius 2 is 1.84 bits per heavy atom. The number of aromatic nitrogens is 3. The number of hydrogen-bond donors (Lipinski definition) is 1. The number of nitrogens with one attached hydrogen (secondary N) is 1. The van der Waals surface area contributed by atoms with Crippen LogP contribution in [0.25, 0.3) is 5.69 Å². The van der Waals surface area contributed by atoms with E-state index in [-0.39, 0.29) is 5.75 Å². The van der Waals surface area contributed by atoms with E-state index in [4.69, 9.17) is 0 Å². The van der Waals surface area contributed by atoms with Crippen molar-refractivity contribution in [3.8, 4) is 5.69 Å². The van der Waals surface area contributed by atoms with Crippen LogP contribution >= 0.6 is 11.8 Å². The molecule has 0 amide bonds. The van der Waals surface area contributed by atoms with Crippen LogP contribution in [0.5, 0.6) is 0 Å². The second kappa shape index (κ2) is 8.23. The van der Waals surface area contributed by atoms with Gasteiger partial charge in [-0.3, -0.25) is 4.57 Å². The molecule has 1 aromatic carbocycles. The lowest BCUT2D eigenvalue weighted by atomic mass is 9.94. The summed E-state index contributed by atoms with van der Waals surface area (Å²) in [5.74, 6) is 1.30. The van der Waals surface area contributed by atoms with E-state index < -0.39 is 12.6 Å². The van der Waals surface area contributed by atoms with Gasteiger partial charge in [0.15, 0.2) is 5.16 Å². The normalized spacial score (nSPS) is 16.3. The van der Waals surface area contributed by atoms with Crippen molar-refractivity contribution in [2.24, 2.45) is 5.92 Å². The molecule has 2 aromatic rings. The third-order valence-electron chi connectivity index (χ3n) is 4.26. The van der Waals surface area contributed by atoms with Crippen molar-refractivity contribution in [2.45, 2.75) is 37.0 Å². The summed E-state index contributed by atoms with van der Waals surface area (Å²) in [4.78, 5) is 0. The van der Waals surface area contributed by atoms with Gasteiger partial charge in [-0.05, 0) is 44.0 Å². The minimum Gasteiger partial charge on any atom is -0.317 e. The molecule has 1 N–H and O–H groups in total. The van der Waals surface area contributed by atoms with Crippen molar-refractivity contribution in [3.05, 3.63) is 36.2 Å². The third-order valence-corrected chi connectivity index (χ3v) is 5.19. The van der Waals surface area contributed by atoms with Crippen LogP contribution in [0, 0.1) is 5.92 Å². The Morgan fingerprint density at radius 1 is 1.12 bits per heavy atom. The lowest BCUT2D eigenvalue weighted by molar-refractivity contribution is -0.129. The molecule has 1 saturated heterocycles. The minimum atomic E-state index is -4.15. The summed E-state index contributed by atoms with van der Waals surface area (Å²) >= 11 is 1.11. The van der Waals surface area contributed by atoms with Crippen LogP contribution in [-0.4, -0.2) is 39.8 Å². The Kier molecular flexibility index (Phi) is 6.01. The molecule has 136 valence electrons. The first-order chi connectivity index (χ1) is 12.0. The fourth-order valence-corrected chi connectivity index (χ4v) is 3.92. The molecule has 25 heavy (non-hydrogen) atoms. The van der Waals surface area contributed by atoms with E-state index in [1.165, 1.54) is 0 Å². The van der Waals surface area contributed by atoms with Crippen LogP contribution in [0.1, 0.15) is 25.1 Å². The van der Waals surface area contributed by atoms with Crippen LogP contribution in [0.4, 0.5) is 13.2 Å². The van der Waals surface area contributed by atoms with Crippen molar-refractivity contribution in [1.29, 1.82) is 0 Å². The zero-order valence-electron chi connectivity index (χ0n) is 13.8. The molecule has 2 heterocycles. The van der Waals surface area contributed by atoms with E-state index in [9.17, 15) is 13.2 Å². The number of piperidine rings is 1. The molecule has 0 saturated carbocycles. The van der Waals surface area contributed by atoms with E-state index in [2.05, 4.69) is 15.5 Å². The fraction of sp³-hybridized carbons (Fsp3) is 0.529. The molecule has 0 bridgehead atoms. The average molecular weight is 370 g/mol. The molecule has 1 aliphatic rings. The number of nitrogens with zero attached hydrogens (tertiary/aromatic N) is 3. The molecule has 0 atom stereocenters. The first kappa shape index (κ1) is 18.3. The molecule has 0 spiro atoms. The molecule has 1 fully saturated rings.